The van der Waals surface area contributed by atoms with Crippen molar-refractivity contribution in [1.82, 2.24) is 10.6 Å². The van der Waals surface area contributed by atoms with Gasteiger partial charge in [0.15, 0.2) is 6.61 Å². The van der Waals surface area contributed by atoms with Crippen LogP contribution in [0.1, 0.15) is 16.7 Å². The maximum atomic E-state index is 12.3. The lowest BCUT2D eigenvalue weighted by molar-refractivity contribution is -0.123. The van der Waals surface area contributed by atoms with E-state index in [0.717, 1.165) is 17.5 Å². The van der Waals surface area contributed by atoms with Crippen molar-refractivity contribution in [2.75, 3.05) is 13.2 Å². The van der Waals surface area contributed by atoms with Crippen LogP contribution in [0.25, 0.3) is 6.08 Å². The summed E-state index contributed by atoms with van der Waals surface area (Å²) in [4.78, 5) is 24.3. The first-order valence-corrected chi connectivity index (χ1v) is 10.6. The highest BCUT2D eigenvalue weighted by molar-refractivity contribution is 6.01. The van der Waals surface area contributed by atoms with Gasteiger partial charge in [0, 0.05) is 13.1 Å². The van der Waals surface area contributed by atoms with Gasteiger partial charge in [0.25, 0.3) is 11.8 Å². The van der Waals surface area contributed by atoms with Crippen molar-refractivity contribution in [2.24, 2.45) is 0 Å². The van der Waals surface area contributed by atoms with Crippen LogP contribution in [0.15, 0.2) is 90.5 Å². The van der Waals surface area contributed by atoms with Gasteiger partial charge in [0.2, 0.25) is 0 Å². The van der Waals surface area contributed by atoms with Crippen LogP contribution in [0.2, 0.25) is 0 Å². The number of carbonyl (C=O) groups excluding carboxylic acids is 2. The van der Waals surface area contributed by atoms with Gasteiger partial charge in [-0.05, 0) is 41.3 Å². The van der Waals surface area contributed by atoms with E-state index in [-0.39, 0.29) is 18.1 Å². The van der Waals surface area contributed by atoms with Gasteiger partial charge in [0.05, 0.1) is 0 Å². The lowest BCUT2D eigenvalue weighted by Gasteiger charge is -2.08. The molecule has 0 fully saturated rings. The first-order chi connectivity index (χ1) is 16.1. The molecule has 3 aromatic carbocycles. The van der Waals surface area contributed by atoms with Gasteiger partial charge in [-0.2, -0.15) is 5.26 Å². The minimum absolute atomic E-state index is 0.0115. The van der Waals surface area contributed by atoms with Gasteiger partial charge >= 0.3 is 0 Å². The molecule has 0 heterocycles. The smallest absolute Gasteiger partial charge is 0.262 e. The average molecular weight is 440 g/mol. The monoisotopic (exact) mass is 439 g/mol. The molecule has 0 unspecified atom stereocenters. The van der Waals surface area contributed by atoms with Gasteiger partial charge in [-0.25, -0.2) is 0 Å². The van der Waals surface area contributed by atoms with Crippen LogP contribution in [0.5, 0.6) is 5.75 Å². The van der Waals surface area contributed by atoms with Gasteiger partial charge in [-0.1, -0.05) is 72.8 Å². The third kappa shape index (κ3) is 8.00. The van der Waals surface area contributed by atoms with E-state index in [1.165, 1.54) is 6.08 Å². The third-order valence-corrected chi connectivity index (χ3v) is 4.80. The fourth-order valence-corrected chi connectivity index (χ4v) is 3.04. The fourth-order valence-electron chi connectivity index (χ4n) is 3.04. The maximum absolute atomic E-state index is 12.3. The molecule has 0 bridgehead atoms. The van der Waals surface area contributed by atoms with Crippen molar-refractivity contribution in [3.63, 3.8) is 0 Å². The molecular weight excluding hydrogens is 414 g/mol. The number of hydrogen-bond acceptors (Lipinski definition) is 4. The molecule has 0 saturated carbocycles. The number of nitriles is 1. The van der Waals surface area contributed by atoms with Gasteiger partial charge in [0.1, 0.15) is 17.4 Å². The lowest BCUT2D eigenvalue weighted by atomic mass is 10.1. The molecule has 0 aliphatic rings. The van der Waals surface area contributed by atoms with Crippen LogP contribution >= 0.6 is 0 Å². The molecule has 166 valence electrons. The van der Waals surface area contributed by atoms with E-state index in [1.807, 2.05) is 66.7 Å². The van der Waals surface area contributed by atoms with Crippen molar-refractivity contribution in [1.29, 1.82) is 5.26 Å². The van der Waals surface area contributed by atoms with Gasteiger partial charge in [-0.15, -0.1) is 0 Å². The SMILES string of the molecule is N#C/C(=C\c1ccc(OCC(=O)NCCc2ccccc2)cc1)C(=O)NCc1ccccc1. The van der Waals surface area contributed by atoms with Crippen LogP contribution in [-0.2, 0) is 22.6 Å². The molecule has 2 amide bonds. The van der Waals surface area contributed by atoms with Crippen molar-refractivity contribution in [2.45, 2.75) is 13.0 Å². The molecule has 0 spiro atoms. The highest BCUT2D eigenvalue weighted by Crippen LogP contribution is 2.15. The zero-order chi connectivity index (χ0) is 23.3. The van der Waals surface area contributed by atoms with E-state index >= 15 is 0 Å². The van der Waals surface area contributed by atoms with Crippen LogP contribution in [0.4, 0.5) is 0 Å². The number of nitrogens with one attached hydrogen (secondary N) is 2. The molecule has 2 N–H and O–H groups in total. The summed E-state index contributed by atoms with van der Waals surface area (Å²) in [5, 5.41) is 14.9. The second-order valence-electron chi connectivity index (χ2n) is 7.28. The lowest BCUT2D eigenvalue weighted by Crippen LogP contribution is -2.30. The zero-order valence-electron chi connectivity index (χ0n) is 18.2. The molecule has 6 nitrogen and oxygen atoms in total. The Morgan fingerprint density at radius 1 is 0.848 bits per heavy atom. The third-order valence-electron chi connectivity index (χ3n) is 4.80. The van der Waals surface area contributed by atoms with Gasteiger partial charge < -0.3 is 15.4 Å². The molecule has 0 aliphatic heterocycles. The van der Waals surface area contributed by atoms with Crippen LogP contribution in [-0.4, -0.2) is 25.0 Å². The second-order valence-corrected chi connectivity index (χ2v) is 7.28. The summed E-state index contributed by atoms with van der Waals surface area (Å²) in [5.74, 6) is -0.108. The second kappa shape index (κ2) is 12.5. The standard InChI is InChI=1S/C27H25N3O3/c28-18-24(27(32)30-19-23-9-5-2-6-10-23)17-22-11-13-25(14-12-22)33-20-26(31)29-16-15-21-7-3-1-4-8-21/h1-14,17H,15-16,19-20H2,(H,29,31)(H,30,32)/b24-17+. The number of hydrogen-bond donors (Lipinski definition) is 2. The molecule has 33 heavy (non-hydrogen) atoms. The highest BCUT2D eigenvalue weighted by atomic mass is 16.5. The largest absolute Gasteiger partial charge is 0.484 e. The van der Waals surface area contributed by atoms with Gasteiger partial charge in [-0.3, -0.25) is 9.59 Å². The summed E-state index contributed by atoms with van der Waals surface area (Å²) in [6.45, 7) is 0.799. The fraction of sp³-hybridized carbons (Fsp3) is 0.148. The summed E-state index contributed by atoms with van der Waals surface area (Å²) in [6, 6.07) is 28.2. The predicted molar refractivity (Wildman–Crippen MR) is 127 cm³/mol. The molecule has 0 atom stereocenters. The molecule has 6 heteroatoms. The Morgan fingerprint density at radius 3 is 2.12 bits per heavy atom. The first-order valence-electron chi connectivity index (χ1n) is 10.6. The molecular formula is C27H25N3O3. The van der Waals surface area contributed by atoms with Crippen LogP contribution < -0.4 is 15.4 Å². The van der Waals surface area contributed by atoms with E-state index in [4.69, 9.17) is 4.74 Å². The molecule has 3 aromatic rings. The Labute approximate surface area is 193 Å². The predicted octanol–water partition coefficient (Wildman–Crippen LogP) is 3.65. The minimum atomic E-state index is -0.436. The van der Waals surface area contributed by atoms with Crippen molar-refractivity contribution >= 4 is 17.9 Å². The van der Waals surface area contributed by atoms with Crippen LogP contribution in [0, 0.1) is 11.3 Å². The van der Waals surface area contributed by atoms with E-state index in [2.05, 4.69) is 10.6 Å². The van der Waals surface area contributed by atoms with Crippen molar-refractivity contribution in [3.8, 4) is 11.8 Å². The summed E-state index contributed by atoms with van der Waals surface area (Å²) < 4.78 is 5.51. The summed E-state index contributed by atoms with van der Waals surface area (Å²) in [5.41, 5.74) is 2.81. The summed E-state index contributed by atoms with van der Waals surface area (Å²) >= 11 is 0. The minimum Gasteiger partial charge on any atom is -0.484 e. The molecule has 3 rings (SSSR count). The van der Waals surface area contributed by atoms with E-state index in [1.54, 1.807) is 24.3 Å². The Bertz CT molecular complexity index is 1120. The Morgan fingerprint density at radius 2 is 1.48 bits per heavy atom. The molecule has 0 radical (unpaired) electrons. The Balaban J connectivity index is 1.45. The molecule has 0 aromatic heterocycles. The normalized spacial score (nSPS) is 10.7. The Hall–Kier alpha value is -4.37. The molecule has 0 saturated heterocycles. The summed E-state index contributed by atoms with van der Waals surface area (Å²) in [7, 11) is 0. The first kappa shape index (κ1) is 23.3. The highest BCUT2D eigenvalue weighted by Gasteiger charge is 2.09. The number of rotatable bonds is 10. The molecule has 0 aliphatic carbocycles. The topological polar surface area (TPSA) is 91.2 Å². The number of nitrogens with zero attached hydrogens (tertiary/aromatic N) is 1. The quantitative estimate of drug-likeness (QED) is 0.373. The number of ether oxygens (including phenoxy) is 1. The van der Waals surface area contributed by atoms with Crippen molar-refractivity contribution in [3.05, 3.63) is 107 Å². The average Bonchev–Trinajstić information content (AvgIpc) is 2.86. The number of carbonyl (C=O) groups is 2. The van der Waals surface area contributed by atoms with Crippen molar-refractivity contribution < 1.29 is 14.3 Å². The van der Waals surface area contributed by atoms with E-state index in [0.29, 0.717) is 24.4 Å². The van der Waals surface area contributed by atoms with E-state index < -0.39 is 5.91 Å². The Kier molecular flexibility index (Phi) is 8.81. The maximum Gasteiger partial charge on any atom is 0.262 e. The zero-order valence-corrected chi connectivity index (χ0v) is 18.2. The van der Waals surface area contributed by atoms with Crippen LogP contribution in [0.3, 0.4) is 0 Å². The number of amides is 2. The summed E-state index contributed by atoms with van der Waals surface area (Å²) in [6.07, 6.45) is 2.27. The van der Waals surface area contributed by atoms with E-state index in [9.17, 15) is 14.9 Å². The number of benzene rings is 3.